The highest BCUT2D eigenvalue weighted by atomic mass is 32.1. The van der Waals surface area contributed by atoms with Crippen LogP contribution >= 0.6 is 12.6 Å². The standard InChI is InChI=1S/C19H31N3OS/c1-3-14(2)18(22-12-16-11-17(24)13-21-16)19(23)20-10-9-15-7-5-4-6-8-15/h4-8,14,16-18,21-22,24H,3,9-13H2,1-2H3,(H,20,23)/t14?,16?,17?,18-/m0/s1. The van der Waals surface area contributed by atoms with Crippen molar-refractivity contribution in [2.45, 2.75) is 50.4 Å². The first-order chi connectivity index (χ1) is 11.6. The molecule has 0 aliphatic carbocycles. The Kier molecular flexibility index (Phi) is 8.09. The van der Waals surface area contributed by atoms with Crippen molar-refractivity contribution < 1.29 is 4.79 Å². The molecule has 0 radical (unpaired) electrons. The molecule has 1 aromatic rings. The Labute approximate surface area is 151 Å². The molecule has 1 amide bonds. The van der Waals surface area contributed by atoms with E-state index in [0.29, 0.717) is 23.8 Å². The van der Waals surface area contributed by atoms with E-state index in [0.717, 1.165) is 32.4 Å². The number of hydrogen-bond donors (Lipinski definition) is 4. The van der Waals surface area contributed by atoms with E-state index < -0.39 is 0 Å². The van der Waals surface area contributed by atoms with Gasteiger partial charge < -0.3 is 16.0 Å². The number of benzene rings is 1. The van der Waals surface area contributed by atoms with E-state index in [2.05, 4.69) is 54.6 Å². The van der Waals surface area contributed by atoms with E-state index in [4.69, 9.17) is 0 Å². The van der Waals surface area contributed by atoms with Crippen molar-refractivity contribution in [1.82, 2.24) is 16.0 Å². The zero-order valence-electron chi connectivity index (χ0n) is 14.8. The van der Waals surface area contributed by atoms with Gasteiger partial charge in [-0.3, -0.25) is 4.79 Å². The minimum absolute atomic E-state index is 0.112. The Morgan fingerprint density at radius 2 is 2.12 bits per heavy atom. The molecule has 1 heterocycles. The summed E-state index contributed by atoms with van der Waals surface area (Å²) in [5, 5.41) is 10.4. The quantitative estimate of drug-likeness (QED) is 0.516. The molecular weight excluding hydrogens is 318 g/mol. The van der Waals surface area contributed by atoms with Crippen molar-refractivity contribution in [2.75, 3.05) is 19.6 Å². The first kappa shape index (κ1) is 19.3. The molecule has 0 saturated carbocycles. The van der Waals surface area contributed by atoms with Crippen molar-refractivity contribution in [2.24, 2.45) is 5.92 Å². The number of hydrogen-bond acceptors (Lipinski definition) is 4. The molecule has 4 atom stereocenters. The monoisotopic (exact) mass is 349 g/mol. The van der Waals surface area contributed by atoms with Gasteiger partial charge >= 0.3 is 0 Å². The fourth-order valence-corrected chi connectivity index (χ4v) is 3.46. The maximum Gasteiger partial charge on any atom is 0.237 e. The van der Waals surface area contributed by atoms with Crippen LogP contribution < -0.4 is 16.0 Å². The van der Waals surface area contributed by atoms with Crippen molar-refractivity contribution in [3.8, 4) is 0 Å². The van der Waals surface area contributed by atoms with E-state index in [1.165, 1.54) is 5.56 Å². The van der Waals surface area contributed by atoms with Gasteiger partial charge in [0.15, 0.2) is 0 Å². The van der Waals surface area contributed by atoms with Crippen LogP contribution in [0.5, 0.6) is 0 Å². The molecular formula is C19H31N3OS. The Balaban J connectivity index is 1.78. The normalized spacial score (nSPS) is 23.0. The molecule has 1 aliphatic rings. The number of rotatable bonds is 9. The van der Waals surface area contributed by atoms with Crippen molar-refractivity contribution in [3.63, 3.8) is 0 Å². The minimum atomic E-state index is -0.133. The van der Waals surface area contributed by atoms with Crippen molar-refractivity contribution in [1.29, 1.82) is 0 Å². The number of carbonyl (C=O) groups excluding carboxylic acids is 1. The van der Waals surface area contributed by atoms with Crippen molar-refractivity contribution in [3.05, 3.63) is 35.9 Å². The molecule has 2 rings (SSSR count). The molecule has 3 N–H and O–H groups in total. The zero-order chi connectivity index (χ0) is 17.4. The second kappa shape index (κ2) is 10.1. The van der Waals surface area contributed by atoms with Crippen LogP contribution in [-0.2, 0) is 11.2 Å². The highest BCUT2D eigenvalue weighted by Crippen LogP contribution is 2.13. The van der Waals surface area contributed by atoms with E-state index >= 15 is 0 Å². The molecule has 5 heteroatoms. The second-order valence-electron chi connectivity index (χ2n) is 6.79. The smallest absolute Gasteiger partial charge is 0.237 e. The lowest BCUT2D eigenvalue weighted by molar-refractivity contribution is -0.124. The van der Waals surface area contributed by atoms with Gasteiger partial charge in [0, 0.05) is 30.9 Å². The summed E-state index contributed by atoms with van der Waals surface area (Å²) in [7, 11) is 0. The third-order valence-corrected chi connectivity index (χ3v) is 5.23. The van der Waals surface area contributed by atoms with Gasteiger partial charge in [-0.1, -0.05) is 50.6 Å². The van der Waals surface area contributed by atoms with Crippen LogP contribution in [0.2, 0.25) is 0 Å². The Morgan fingerprint density at radius 3 is 2.75 bits per heavy atom. The fraction of sp³-hybridized carbons (Fsp3) is 0.632. The largest absolute Gasteiger partial charge is 0.354 e. The van der Waals surface area contributed by atoms with Crippen LogP contribution in [0.15, 0.2) is 30.3 Å². The van der Waals surface area contributed by atoms with Crippen LogP contribution in [-0.4, -0.2) is 42.9 Å². The van der Waals surface area contributed by atoms with Gasteiger partial charge in [-0.25, -0.2) is 0 Å². The average Bonchev–Trinajstić information content (AvgIpc) is 3.01. The minimum Gasteiger partial charge on any atom is -0.354 e. The summed E-state index contributed by atoms with van der Waals surface area (Å²) in [4.78, 5) is 12.6. The summed E-state index contributed by atoms with van der Waals surface area (Å²) >= 11 is 4.51. The summed E-state index contributed by atoms with van der Waals surface area (Å²) < 4.78 is 0. The summed E-state index contributed by atoms with van der Waals surface area (Å²) in [6.45, 7) is 6.72. The van der Waals surface area contributed by atoms with Crippen LogP contribution in [0.4, 0.5) is 0 Å². The average molecular weight is 350 g/mol. The van der Waals surface area contributed by atoms with Crippen LogP contribution in [0.1, 0.15) is 32.3 Å². The maximum absolute atomic E-state index is 12.6. The molecule has 24 heavy (non-hydrogen) atoms. The van der Waals surface area contributed by atoms with Crippen molar-refractivity contribution >= 4 is 18.5 Å². The number of amides is 1. The van der Waals surface area contributed by atoms with Gasteiger partial charge in [-0.05, 0) is 24.3 Å². The summed E-state index contributed by atoms with van der Waals surface area (Å²) in [6.07, 6.45) is 2.90. The van der Waals surface area contributed by atoms with Crippen LogP contribution in [0.25, 0.3) is 0 Å². The lowest BCUT2D eigenvalue weighted by Gasteiger charge is -2.25. The third kappa shape index (κ3) is 6.11. The summed E-state index contributed by atoms with van der Waals surface area (Å²) in [5.74, 6) is 0.427. The van der Waals surface area contributed by atoms with Gasteiger partial charge in [0.05, 0.1) is 6.04 Å². The summed E-state index contributed by atoms with van der Waals surface area (Å²) in [5.41, 5.74) is 1.25. The highest BCUT2D eigenvalue weighted by molar-refractivity contribution is 7.81. The molecule has 1 fully saturated rings. The first-order valence-corrected chi connectivity index (χ1v) is 9.58. The molecule has 0 aromatic heterocycles. The van der Waals surface area contributed by atoms with Crippen LogP contribution in [0.3, 0.4) is 0 Å². The van der Waals surface area contributed by atoms with E-state index in [1.807, 2.05) is 18.2 Å². The second-order valence-corrected chi connectivity index (χ2v) is 7.52. The fourth-order valence-electron chi connectivity index (χ4n) is 3.10. The zero-order valence-corrected chi connectivity index (χ0v) is 15.7. The molecule has 0 spiro atoms. The van der Waals surface area contributed by atoms with Crippen LogP contribution in [0, 0.1) is 5.92 Å². The topological polar surface area (TPSA) is 53.2 Å². The molecule has 134 valence electrons. The highest BCUT2D eigenvalue weighted by Gasteiger charge is 2.26. The lowest BCUT2D eigenvalue weighted by Crippen LogP contribution is -2.51. The van der Waals surface area contributed by atoms with E-state index in [9.17, 15) is 4.79 Å². The molecule has 3 unspecified atom stereocenters. The molecule has 0 bridgehead atoms. The molecule has 4 nitrogen and oxygen atoms in total. The number of carbonyl (C=O) groups is 1. The van der Waals surface area contributed by atoms with Gasteiger partial charge in [0.1, 0.15) is 0 Å². The van der Waals surface area contributed by atoms with Gasteiger partial charge in [0.25, 0.3) is 0 Å². The Bertz CT molecular complexity index is 497. The van der Waals surface area contributed by atoms with E-state index in [-0.39, 0.29) is 11.9 Å². The molecule has 1 aromatic carbocycles. The Morgan fingerprint density at radius 1 is 1.38 bits per heavy atom. The lowest BCUT2D eigenvalue weighted by atomic mass is 9.98. The predicted molar refractivity (Wildman–Crippen MR) is 104 cm³/mol. The van der Waals surface area contributed by atoms with Gasteiger partial charge in [-0.2, -0.15) is 12.6 Å². The first-order valence-electron chi connectivity index (χ1n) is 9.06. The van der Waals surface area contributed by atoms with Gasteiger partial charge in [0.2, 0.25) is 5.91 Å². The number of thiol groups is 1. The molecule has 1 saturated heterocycles. The predicted octanol–water partition coefficient (Wildman–Crippen LogP) is 2.01. The van der Waals surface area contributed by atoms with Gasteiger partial charge in [-0.15, -0.1) is 0 Å². The summed E-state index contributed by atoms with van der Waals surface area (Å²) in [6, 6.07) is 10.5. The maximum atomic E-state index is 12.6. The number of nitrogens with one attached hydrogen (secondary N) is 3. The Hall–Kier alpha value is -1.04. The molecule has 1 aliphatic heterocycles. The third-order valence-electron chi connectivity index (χ3n) is 4.83. The SMILES string of the molecule is CCC(C)[C@H](NCC1CC(S)CN1)C(=O)NCCc1ccccc1. The van der Waals surface area contributed by atoms with E-state index in [1.54, 1.807) is 0 Å².